The second kappa shape index (κ2) is 6.14. The molecule has 1 unspecified atom stereocenters. The van der Waals surface area contributed by atoms with Gasteiger partial charge in [0.05, 0.1) is 5.92 Å². The summed E-state index contributed by atoms with van der Waals surface area (Å²) in [6.45, 7) is 3.32. The van der Waals surface area contributed by atoms with E-state index in [4.69, 9.17) is 0 Å². The Morgan fingerprint density at radius 3 is 2.93 bits per heavy atom. The number of carbonyl (C=O) groups is 1. The van der Waals surface area contributed by atoms with Crippen molar-refractivity contribution in [3.8, 4) is 0 Å². The van der Waals surface area contributed by atoms with Crippen LogP contribution in [0.5, 0.6) is 0 Å². The summed E-state index contributed by atoms with van der Waals surface area (Å²) in [4.78, 5) is 15.6. The predicted octanol–water partition coefficient (Wildman–Crippen LogP) is 0.521. The van der Waals surface area contributed by atoms with Crippen molar-refractivity contribution < 1.29 is 4.79 Å². The molecule has 0 aliphatic carbocycles. The minimum Gasteiger partial charge on any atom is -0.354 e. The summed E-state index contributed by atoms with van der Waals surface area (Å²) in [6.07, 6.45) is 3.43. The first-order valence-electron chi connectivity index (χ1n) is 5.08. The van der Waals surface area contributed by atoms with Gasteiger partial charge >= 0.3 is 0 Å². The second-order valence-corrected chi connectivity index (χ2v) is 3.40. The van der Waals surface area contributed by atoms with Crippen LogP contribution in [-0.4, -0.2) is 31.0 Å². The molecule has 0 radical (unpaired) electrons. The molecular weight excluding hydrogens is 190 g/mol. The lowest BCUT2D eigenvalue weighted by molar-refractivity contribution is -0.122. The van der Waals surface area contributed by atoms with E-state index < -0.39 is 0 Å². The van der Waals surface area contributed by atoms with E-state index in [1.54, 1.807) is 12.4 Å². The highest BCUT2D eigenvalue weighted by Gasteiger charge is 2.13. The minimum atomic E-state index is -0.143. The molecular formula is C11H17N3O. The first-order chi connectivity index (χ1) is 7.25. The summed E-state index contributed by atoms with van der Waals surface area (Å²) >= 11 is 0. The van der Waals surface area contributed by atoms with Crippen molar-refractivity contribution in [2.75, 3.05) is 20.1 Å². The van der Waals surface area contributed by atoms with Crippen LogP contribution < -0.4 is 10.6 Å². The van der Waals surface area contributed by atoms with Crippen LogP contribution in [0.2, 0.25) is 0 Å². The summed E-state index contributed by atoms with van der Waals surface area (Å²) in [6, 6.07) is 3.75. The van der Waals surface area contributed by atoms with Crippen molar-refractivity contribution in [2.24, 2.45) is 0 Å². The molecule has 0 spiro atoms. The summed E-state index contributed by atoms with van der Waals surface area (Å²) in [5.74, 6) is -0.103. The quantitative estimate of drug-likeness (QED) is 0.692. The molecule has 0 aliphatic rings. The molecule has 1 aromatic heterocycles. The number of aromatic nitrogens is 1. The van der Waals surface area contributed by atoms with Gasteiger partial charge < -0.3 is 10.6 Å². The maximum absolute atomic E-state index is 11.7. The summed E-state index contributed by atoms with van der Waals surface area (Å²) in [5, 5.41) is 5.83. The number of likely N-dealkylation sites (N-methyl/N-ethyl adjacent to an activating group) is 1. The van der Waals surface area contributed by atoms with Gasteiger partial charge in [-0.25, -0.2) is 0 Å². The average Bonchev–Trinajstić information content (AvgIpc) is 2.29. The SMILES string of the molecule is CNCCNC(=O)C(C)c1cccnc1. The zero-order valence-corrected chi connectivity index (χ0v) is 9.16. The van der Waals surface area contributed by atoms with Gasteiger partial charge in [-0.1, -0.05) is 6.07 Å². The zero-order chi connectivity index (χ0) is 11.1. The van der Waals surface area contributed by atoms with Crippen LogP contribution in [0.25, 0.3) is 0 Å². The molecule has 1 aromatic rings. The summed E-state index contributed by atoms with van der Waals surface area (Å²) in [7, 11) is 1.86. The van der Waals surface area contributed by atoms with E-state index >= 15 is 0 Å². The molecule has 0 fully saturated rings. The van der Waals surface area contributed by atoms with Crippen molar-refractivity contribution in [3.63, 3.8) is 0 Å². The van der Waals surface area contributed by atoms with Crippen LogP contribution in [0.1, 0.15) is 18.4 Å². The number of nitrogens with one attached hydrogen (secondary N) is 2. The lowest BCUT2D eigenvalue weighted by Gasteiger charge is -2.11. The molecule has 1 atom stereocenters. The smallest absolute Gasteiger partial charge is 0.227 e. The van der Waals surface area contributed by atoms with E-state index in [0.717, 1.165) is 12.1 Å². The Balaban J connectivity index is 2.46. The van der Waals surface area contributed by atoms with Gasteiger partial charge in [-0.2, -0.15) is 0 Å². The number of pyridine rings is 1. The Morgan fingerprint density at radius 2 is 2.33 bits per heavy atom. The van der Waals surface area contributed by atoms with E-state index in [0.29, 0.717) is 6.54 Å². The number of hydrogen-bond donors (Lipinski definition) is 2. The normalized spacial score (nSPS) is 12.1. The Morgan fingerprint density at radius 1 is 1.53 bits per heavy atom. The molecule has 0 saturated carbocycles. The third-order valence-corrected chi connectivity index (χ3v) is 2.25. The Hall–Kier alpha value is -1.42. The zero-order valence-electron chi connectivity index (χ0n) is 9.16. The number of rotatable bonds is 5. The maximum atomic E-state index is 11.7. The van der Waals surface area contributed by atoms with Gasteiger partial charge in [-0.3, -0.25) is 9.78 Å². The van der Waals surface area contributed by atoms with Crippen LogP contribution >= 0.6 is 0 Å². The molecule has 0 aliphatic heterocycles. The molecule has 82 valence electrons. The minimum absolute atomic E-state index is 0.0400. The number of carbonyl (C=O) groups excluding carboxylic acids is 1. The monoisotopic (exact) mass is 207 g/mol. The van der Waals surface area contributed by atoms with E-state index in [1.807, 2.05) is 26.1 Å². The fourth-order valence-corrected chi connectivity index (χ4v) is 1.25. The van der Waals surface area contributed by atoms with Gasteiger partial charge in [-0.15, -0.1) is 0 Å². The predicted molar refractivity (Wildman–Crippen MR) is 59.6 cm³/mol. The van der Waals surface area contributed by atoms with Crippen molar-refractivity contribution in [3.05, 3.63) is 30.1 Å². The van der Waals surface area contributed by atoms with Gasteiger partial charge in [0.15, 0.2) is 0 Å². The Kier molecular flexibility index (Phi) is 4.77. The van der Waals surface area contributed by atoms with Crippen LogP contribution in [0.15, 0.2) is 24.5 Å². The van der Waals surface area contributed by atoms with Crippen molar-refractivity contribution in [1.29, 1.82) is 0 Å². The Bertz CT molecular complexity index is 300. The van der Waals surface area contributed by atoms with Crippen molar-refractivity contribution >= 4 is 5.91 Å². The fourth-order valence-electron chi connectivity index (χ4n) is 1.25. The third kappa shape index (κ3) is 3.67. The molecule has 2 N–H and O–H groups in total. The molecule has 1 rings (SSSR count). The van der Waals surface area contributed by atoms with Gasteiger partial charge in [-0.05, 0) is 25.6 Å². The topological polar surface area (TPSA) is 54.0 Å². The van der Waals surface area contributed by atoms with Crippen LogP contribution in [0.3, 0.4) is 0 Å². The third-order valence-electron chi connectivity index (χ3n) is 2.25. The highest BCUT2D eigenvalue weighted by atomic mass is 16.1. The summed E-state index contributed by atoms with van der Waals surface area (Å²) < 4.78 is 0. The lowest BCUT2D eigenvalue weighted by atomic mass is 10.0. The first-order valence-corrected chi connectivity index (χ1v) is 5.08. The van der Waals surface area contributed by atoms with Crippen LogP contribution in [-0.2, 0) is 4.79 Å². The van der Waals surface area contributed by atoms with E-state index in [9.17, 15) is 4.79 Å². The maximum Gasteiger partial charge on any atom is 0.227 e. The van der Waals surface area contributed by atoms with Crippen LogP contribution in [0.4, 0.5) is 0 Å². The van der Waals surface area contributed by atoms with Gasteiger partial charge in [0, 0.05) is 25.5 Å². The molecule has 0 aromatic carbocycles. The molecule has 15 heavy (non-hydrogen) atoms. The molecule has 1 amide bonds. The average molecular weight is 207 g/mol. The van der Waals surface area contributed by atoms with Gasteiger partial charge in [0.25, 0.3) is 0 Å². The van der Waals surface area contributed by atoms with Crippen molar-refractivity contribution in [1.82, 2.24) is 15.6 Å². The standard InChI is InChI=1S/C11H17N3O/c1-9(10-4-3-5-13-8-10)11(15)14-7-6-12-2/h3-5,8-9,12H,6-7H2,1-2H3,(H,14,15). The number of nitrogens with zero attached hydrogens (tertiary/aromatic N) is 1. The van der Waals surface area contributed by atoms with Crippen LogP contribution in [0, 0.1) is 0 Å². The van der Waals surface area contributed by atoms with E-state index in [-0.39, 0.29) is 11.8 Å². The second-order valence-electron chi connectivity index (χ2n) is 3.40. The lowest BCUT2D eigenvalue weighted by Crippen LogP contribution is -2.33. The first kappa shape index (κ1) is 11.7. The molecule has 0 saturated heterocycles. The number of amides is 1. The molecule has 4 nitrogen and oxygen atoms in total. The van der Waals surface area contributed by atoms with E-state index in [1.165, 1.54) is 0 Å². The van der Waals surface area contributed by atoms with Gasteiger partial charge in [0.1, 0.15) is 0 Å². The fraction of sp³-hybridized carbons (Fsp3) is 0.455. The molecule has 0 bridgehead atoms. The highest BCUT2D eigenvalue weighted by Crippen LogP contribution is 2.12. The number of hydrogen-bond acceptors (Lipinski definition) is 3. The Labute approximate surface area is 90.1 Å². The largest absolute Gasteiger partial charge is 0.354 e. The molecule has 4 heteroatoms. The highest BCUT2D eigenvalue weighted by molar-refractivity contribution is 5.83. The van der Waals surface area contributed by atoms with E-state index in [2.05, 4.69) is 15.6 Å². The molecule has 1 heterocycles. The van der Waals surface area contributed by atoms with Crippen molar-refractivity contribution in [2.45, 2.75) is 12.8 Å². The van der Waals surface area contributed by atoms with Gasteiger partial charge in [0.2, 0.25) is 5.91 Å². The summed E-state index contributed by atoms with van der Waals surface area (Å²) in [5.41, 5.74) is 0.944.